The number of rotatable bonds is 6. The highest BCUT2D eigenvalue weighted by Crippen LogP contribution is 2.20. The minimum absolute atomic E-state index is 0.00340. The van der Waals surface area contributed by atoms with Gasteiger partial charge in [0.05, 0.1) is 5.75 Å². The summed E-state index contributed by atoms with van der Waals surface area (Å²) in [6, 6.07) is 12.1. The lowest BCUT2D eigenvalue weighted by Crippen LogP contribution is -2.28. The summed E-state index contributed by atoms with van der Waals surface area (Å²) in [7, 11) is 1.66. The molecule has 0 aliphatic carbocycles. The zero-order chi connectivity index (χ0) is 21.0. The normalized spacial score (nSPS) is 10.6. The van der Waals surface area contributed by atoms with Crippen LogP contribution in [0.3, 0.4) is 0 Å². The first-order valence-electron chi connectivity index (χ1n) is 8.26. The van der Waals surface area contributed by atoms with Crippen molar-refractivity contribution in [3.05, 3.63) is 63.2 Å². The fraction of sp³-hybridized carbons (Fsp3) is 0.111. The molecule has 0 bridgehead atoms. The largest absolute Gasteiger partial charge is 0.444 e. The van der Waals surface area contributed by atoms with Crippen LogP contribution in [0.25, 0.3) is 0 Å². The Labute approximate surface area is 177 Å². The Kier molecular flexibility index (Phi) is 6.39. The van der Waals surface area contributed by atoms with Gasteiger partial charge in [-0.25, -0.2) is 4.98 Å². The Hall–Kier alpha value is -3.05. The molecule has 11 heteroatoms. The van der Waals surface area contributed by atoms with E-state index in [4.69, 9.17) is 10.2 Å². The van der Waals surface area contributed by atoms with E-state index < -0.39 is 11.5 Å². The maximum Gasteiger partial charge on any atom is 0.291 e. The molecule has 3 rings (SSSR count). The zero-order valence-corrected chi connectivity index (χ0v) is 17.5. The number of carbonyl (C=O) groups excluding carboxylic acids is 2. The van der Waals surface area contributed by atoms with Gasteiger partial charge in [0.2, 0.25) is 5.91 Å². The molecule has 29 heavy (non-hydrogen) atoms. The molecule has 0 radical (unpaired) electrons. The van der Waals surface area contributed by atoms with Gasteiger partial charge in [-0.2, -0.15) is 0 Å². The molecule has 0 saturated carbocycles. The number of hydrogen-bond acceptors (Lipinski definition) is 7. The molecule has 0 fully saturated rings. The quantitative estimate of drug-likeness (QED) is 0.366. The number of H-pyrrole nitrogens is 1. The number of amides is 2. The highest BCUT2D eigenvalue weighted by Gasteiger charge is 2.17. The summed E-state index contributed by atoms with van der Waals surface area (Å²) < 4.78 is 5.50. The number of halogens is 1. The van der Waals surface area contributed by atoms with Crippen LogP contribution in [0.5, 0.6) is 0 Å². The van der Waals surface area contributed by atoms with E-state index in [0.29, 0.717) is 4.67 Å². The van der Waals surface area contributed by atoms with E-state index in [-0.39, 0.29) is 34.1 Å². The van der Waals surface area contributed by atoms with Crippen LogP contribution in [0.2, 0.25) is 0 Å². The number of nitrogens with one attached hydrogen (secondary N) is 2. The van der Waals surface area contributed by atoms with Gasteiger partial charge in [0.25, 0.3) is 11.5 Å². The third kappa shape index (κ3) is 5.06. The van der Waals surface area contributed by atoms with Gasteiger partial charge in [-0.1, -0.05) is 30.0 Å². The van der Waals surface area contributed by atoms with Crippen LogP contribution in [0, 0.1) is 0 Å². The van der Waals surface area contributed by atoms with Crippen molar-refractivity contribution in [2.24, 2.45) is 0 Å². The average Bonchev–Trinajstić information content (AvgIpc) is 3.15. The van der Waals surface area contributed by atoms with Crippen molar-refractivity contribution >= 4 is 56.7 Å². The molecule has 3 aromatic rings. The van der Waals surface area contributed by atoms with Crippen LogP contribution in [0.4, 0.5) is 17.2 Å². The second kappa shape index (κ2) is 8.97. The van der Waals surface area contributed by atoms with Gasteiger partial charge in [0.1, 0.15) is 0 Å². The molecule has 0 aliphatic heterocycles. The van der Waals surface area contributed by atoms with Crippen molar-refractivity contribution in [2.75, 3.05) is 28.8 Å². The van der Waals surface area contributed by atoms with Crippen LogP contribution in [-0.2, 0) is 4.79 Å². The van der Waals surface area contributed by atoms with Crippen molar-refractivity contribution in [1.82, 2.24) is 9.97 Å². The third-order valence-electron chi connectivity index (χ3n) is 3.81. The summed E-state index contributed by atoms with van der Waals surface area (Å²) in [6.07, 6.45) is 0. The number of furan rings is 1. The predicted molar refractivity (Wildman–Crippen MR) is 114 cm³/mol. The first-order valence-corrected chi connectivity index (χ1v) is 10.0. The van der Waals surface area contributed by atoms with Gasteiger partial charge >= 0.3 is 0 Å². The summed E-state index contributed by atoms with van der Waals surface area (Å²) in [6.45, 7) is 0. The number of carbonyl (C=O) groups is 2. The van der Waals surface area contributed by atoms with Crippen LogP contribution in [-0.4, -0.2) is 34.6 Å². The molecule has 150 valence electrons. The minimum atomic E-state index is -0.644. The molecular weight excluding hydrogens is 462 g/mol. The number of nitrogens with two attached hydrogens (primary N) is 1. The van der Waals surface area contributed by atoms with Gasteiger partial charge in [-0.3, -0.25) is 19.4 Å². The van der Waals surface area contributed by atoms with E-state index in [0.717, 1.165) is 17.4 Å². The minimum Gasteiger partial charge on any atom is -0.444 e. The summed E-state index contributed by atoms with van der Waals surface area (Å²) in [5.74, 6) is -0.944. The van der Waals surface area contributed by atoms with E-state index in [1.165, 1.54) is 11.0 Å². The first kappa shape index (κ1) is 20.7. The zero-order valence-electron chi connectivity index (χ0n) is 15.1. The molecule has 0 aliphatic rings. The molecule has 2 heterocycles. The van der Waals surface area contributed by atoms with E-state index >= 15 is 0 Å². The average molecular weight is 478 g/mol. The van der Waals surface area contributed by atoms with E-state index in [9.17, 15) is 14.4 Å². The van der Waals surface area contributed by atoms with E-state index in [1.807, 2.05) is 30.3 Å². The Morgan fingerprint density at radius 3 is 2.62 bits per heavy atom. The Balaban J connectivity index is 1.67. The molecule has 2 amide bonds. The maximum absolute atomic E-state index is 12.3. The van der Waals surface area contributed by atoms with Gasteiger partial charge in [0, 0.05) is 12.7 Å². The van der Waals surface area contributed by atoms with Gasteiger partial charge in [-0.15, -0.1) is 0 Å². The summed E-state index contributed by atoms with van der Waals surface area (Å²) >= 11 is 4.12. The van der Waals surface area contributed by atoms with Crippen molar-refractivity contribution in [3.8, 4) is 0 Å². The molecule has 2 aromatic heterocycles. The Morgan fingerprint density at radius 1 is 1.28 bits per heavy atom. The summed E-state index contributed by atoms with van der Waals surface area (Å²) in [4.78, 5) is 44.8. The second-order valence-electron chi connectivity index (χ2n) is 5.77. The highest BCUT2D eigenvalue weighted by atomic mass is 79.9. The molecule has 4 N–H and O–H groups in total. The lowest BCUT2D eigenvalue weighted by molar-refractivity contribution is -0.115. The summed E-state index contributed by atoms with van der Waals surface area (Å²) in [5.41, 5.74) is 5.74. The van der Waals surface area contributed by atoms with Crippen LogP contribution in [0.1, 0.15) is 10.6 Å². The third-order valence-corrected chi connectivity index (χ3v) is 5.10. The molecule has 1 aromatic carbocycles. The number of aromatic amines is 1. The SMILES string of the molecule is CN(C(=O)CSc1nc(N)c(NC(=O)c2ccc(Br)o2)c(=O)[nH]1)c1ccccc1. The molecule has 9 nitrogen and oxygen atoms in total. The number of thioether (sulfide) groups is 1. The Bertz CT molecular complexity index is 1100. The number of hydrogen-bond donors (Lipinski definition) is 3. The topological polar surface area (TPSA) is 134 Å². The van der Waals surface area contributed by atoms with E-state index in [1.54, 1.807) is 13.1 Å². The molecule has 0 spiro atoms. The number of nitrogens with zero attached hydrogens (tertiary/aromatic N) is 2. The van der Waals surface area contributed by atoms with Crippen molar-refractivity contribution < 1.29 is 14.0 Å². The van der Waals surface area contributed by atoms with Crippen LogP contribution < -0.4 is 21.5 Å². The predicted octanol–water partition coefficient (Wildman–Crippen LogP) is 2.72. The highest BCUT2D eigenvalue weighted by molar-refractivity contribution is 9.10. The van der Waals surface area contributed by atoms with Crippen molar-refractivity contribution in [3.63, 3.8) is 0 Å². The number of aromatic nitrogens is 2. The first-order chi connectivity index (χ1) is 13.8. The van der Waals surface area contributed by atoms with Gasteiger partial charge in [0.15, 0.2) is 27.1 Å². The number of para-hydroxylation sites is 1. The van der Waals surface area contributed by atoms with Gasteiger partial charge in [-0.05, 0) is 40.2 Å². The van der Waals surface area contributed by atoms with Crippen molar-refractivity contribution in [1.29, 1.82) is 0 Å². The fourth-order valence-corrected chi connectivity index (χ4v) is 3.38. The number of anilines is 3. The van der Waals surface area contributed by atoms with Crippen LogP contribution in [0.15, 0.2) is 61.5 Å². The van der Waals surface area contributed by atoms with Gasteiger partial charge < -0.3 is 20.4 Å². The lowest BCUT2D eigenvalue weighted by atomic mass is 10.3. The molecule has 0 saturated heterocycles. The van der Waals surface area contributed by atoms with E-state index in [2.05, 4.69) is 31.2 Å². The lowest BCUT2D eigenvalue weighted by Gasteiger charge is -2.16. The number of benzene rings is 1. The molecule has 0 unspecified atom stereocenters. The molecule has 0 atom stereocenters. The van der Waals surface area contributed by atoms with Crippen molar-refractivity contribution in [2.45, 2.75) is 5.16 Å². The molecular formula is C18H16BrN5O4S. The monoisotopic (exact) mass is 477 g/mol. The smallest absolute Gasteiger partial charge is 0.291 e. The number of nitrogen functional groups attached to an aromatic ring is 1. The maximum atomic E-state index is 12.3. The Morgan fingerprint density at radius 2 is 2.00 bits per heavy atom. The standard InChI is InChI=1S/C18H16BrN5O4S/c1-24(10-5-3-2-4-6-10)13(25)9-29-18-22-15(20)14(17(27)23-18)21-16(26)11-7-8-12(19)28-11/h2-8H,9H2,1H3,(H,21,26)(H3,20,22,23,27). The fourth-order valence-electron chi connectivity index (χ4n) is 2.29. The second-order valence-corrected chi connectivity index (χ2v) is 7.51. The summed E-state index contributed by atoms with van der Waals surface area (Å²) in [5, 5.41) is 2.54. The van der Waals surface area contributed by atoms with Crippen LogP contribution >= 0.6 is 27.7 Å².